The van der Waals surface area contributed by atoms with Crippen molar-refractivity contribution in [3.63, 3.8) is 0 Å². The zero-order valence-electron chi connectivity index (χ0n) is 19.7. The molecule has 190 valence electrons. The highest BCUT2D eigenvalue weighted by Crippen LogP contribution is 2.30. The molecule has 2 aliphatic rings. The molecule has 3 heterocycles. The number of carboxylic acid groups (broad SMARTS) is 1. The van der Waals surface area contributed by atoms with E-state index in [1.807, 2.05) is 35.2 Å². The number of nitriles is 1. The lowest BCUT2D eigenvalue weighted by Crippen LogP contribution is -2.56. The SMILES string of the molecule is CS(=O)(=O)c1nc2c(c(N3CCN(C(=O)OCc4ccccc4)[C@@H](CC#N)C3)n1)CCN(C(=O)O)C2. The molecule has 13 heteroatoms. The molecule has 36 heavy (non-hydrogen) atoms. The number of carbonyl (C=O) groups is 2. The number of fused-ring (bicyclic) bond motifs is 1. The van der Waals surface area contributed by atoms with E-state index in [4.69, 9.17) is 4.74 Å². The fourth-order valence-electron chi connectivity index (χ4n) is 4.35. The number of hydrogen-bond donors (Lipinski definition) is 1. The largest absolute Gasteiger partial charge is 0.465 e. The number of nitrogens with zero attached hydrogens (tertiary/aromatic N) is 6. The molecule has 1 N–H and O–H groups in total. The van der Waals surface area contributed by atoms with Crippen LogP contribution in [0.3, 0.4) is 0 Å². The fraction of sp³-hybridized carbons (Fsp3) is 0.435. The highest BCUT2D eigenvalue weighted by Gasteiger charge is 2.35. The Bertz CT molecular complexity index is 1300. The van der Waals surface area contributed by atoms with Crippen LogP contribution >= 0.6 is 0 Å². The van der Waals surface area contributed by atoms with Crippen molar-refractivity contribution in [1.82, 2.24) is 19.8 Å². The number of benzene rings is 1. The normalized spacial score (nSPS) is 17.8. The summed E-state index contributed by atoms with van der Waals surface area (Å²) in [6.45, 7) is 1.10. The van der Waals surface area contributed by atoms with E-state index in [9.17, 15) is 28.4 Å². The molecule has 1 aromatic carbocycles. The van der Waals surface area contributed by atoms with Crippen LogP contribution in [0.25, 0.3) is 0 Å². The van der Waals surface area contributed by atoms with Crippen molar-refractivity contribution in [2.45, 2.75) is 37.2 Å². The molecule has 1 fully saturated rings. The first kappa shape index (κ1) is 25.2. The molecule has 12 nitrogen and oxygen atoms in total. The van der Waals surface area contributed by atoms with Crippen LogP contribution in [0.2, 0.25) is 0 Å². The molecule has 1 atom stereocenters. The Kier molecular flexibility index (Phi) is 7.25. The quantitative estimate of drug-likeness (QED) is 0.582. The Morgan fingerprint density at radius 1 is 1.19 bits per heavy atom. The summed E-state index contributed by atoms with van der Waals surface area (Å²) in [5.41, 5.74) is 1.86. The van der Waals surface area contributed by atoms with Crippen molar-refractivity contribution in [2.24, 2.45) is 0 Å². The maximum Gasteiger partial charge on any atom is 0.410 e. The second-order valence-electron chi connectivity index (χ2n) is 8.68. The van der Waals surface area contributed by atoms with Gasteiger partial charge in [0.05, 0.1) is 30.8 Å². The van der Waals surface area contributed by atoms with E-state index in [-0.39, 0.29) is 44.4 Å². The van der Waals surface area contributed by atoms with E-state index >= 15 is 0 Å². The number of hydrogen-bond acceptors (Lipinski definition) is 9. The Balaban J connectivity index is 1.58. The molecule has 0 aliphatic carbocycles. The van der Waals surface area contributed by atoms with E-state index < -0.39 is 28.1 Å². The maximum absolute atomic E-state index is 12.8. The minimum absolute atomic E-state index is 0.0455. The van der Waals surface area contributed by atoms with Gasteiger partial charge in [-0.15, -0.1) is 0 Å². The molecule has 0 bridgehead atoms. The molecule has 0 unspecified atom stereocenters. The number of rotatable bonds is 5. The Labute approximate surface area is 208 Å². The third-order valence-corrected chi connectivity index (χ3v) is 7.02. The van der Waals surface area contributed by atoms with E-state index in [1.54, 1.807) is 0 Å². The summed E-state index contributed by atoms with van der Waals surface area (Å²) in [7, 11) is -3.77. The van der Waals surface area contributed by atoms with Crippen molar-refractivity contribution in [3.8, 4) is 6.07 Å². The van der Waals surface area contributed by atoms with E-state index in [0.29, 0.717) is 30.0 Å². The number of aromatic nitrogens is 2. The summed E-state index contributed by atoms with van der Waals surface area (Å²) in [5, 5.41) is 18.4. The minimum atomic E-state index is -3.77. The zero-order chi connectivity index (χ0) is 25.9. The molecule has 1 saturated heterocycles. The van der Waals surface area contributed by atoms with Gasteiger partial charge in [0.15, 0.2) is 0 Å². The van der Waals surface area contributed by atoms with Gasteiger partial charge in [0, 0.05) is 38.0 Å². The summed E-state index contributed by atoms with van der Waals surface area (Å²) >= 11 is 0. The van der Waals surface area contributed by atoms with Crippen LogP contribution in [-0.4, -0.2) is 84.0 Å². The van der Waals surface area contributed by atoms with Gasteiger partial charge in [0.25, 0.3) is 0 Å². The molecule has 0 saturated carbocycles. The number of ether oxygens (including phenoxy) is 1. The van der Waals surface area contributed by atoms with Gasteiger partial charge in [-0.1, -0.05) is 30.3 Å². The number of piperazine rings is 1. The van der Waals surface area contributed by atoms with Gasteiger partial charge in [-0.05, 0) is 12.0 Å². The third kappa shape index (κ3) is 5.49. The summed E-state index contributed by atoms with van der Waals surface area (Å²) < 4.78 is 30.0. The smallest absolute Gasteiger partial charge is 0.410 e. The van der Waals surface area contributed by atoms with E-state index in [0.717, 1.165) is 11.8 Å². The lowest BCUT2D eigenvalue weighted by Gasteiger charge is -2.41. The van der Waals surface area contributed by atoms with Crippen LogP contribution < -0.4 is 4.90 Å². The Hall–Kier alpha value is -3.92. The number of amides is 2. The molecule has 0 spiro atoms. The Morgan fingerprint density at radius 3 is 2.61 bits per heavy atom. The van der Waals surface area contributed by atoms with Gasteiger partial charge in [0.2, 0.25) is 15.0 Å². The third-order valence-electron chi connectivity index (χ3n) is 6.17. The first-order valence-electron chi connectivity index (χ1n) is 11.3. The van der Waals surface area contributed by atoms with Gasteiger partial charge in [-0.3, -0.25) is 0 Å². The van der Waals surface area contributed by atoms with Crippen molar-refractivity contribution in [3.05, 3.63) is 47.2 Å². The molecule has 2 aromatic rings. The highest BCUT2D eigenvalue weighted by molar-refractivity contribution is 7.90. The molecular formula is C23H26N6O6S. The summed E-state index contributed by atoms with van der Waals surface area (Å²) in [5.74, 6) is 0.394. The van der Waals surface area contributed by atoms with Crippen LogP contribution in [0, 0.1) is 11.3 Å². The van der Waals surface area contributed by atoms with Crippen LogP contribution in [0.4, 0.5) is 15.4 Å². The predicted octanol–water partition coefficient (Wildman–Crippen LogP) is 1.66. The average molecular weight is 515 g/mol. The average Bonchev–Trinajstić information content (AvgIpc) is 2.86. The molecule has 2 aliphatic heterocycles. The molecule has 0 radical (unpaired) electrons. The second-order valence-corrected chi connectivity index (χ2v) is 10.6. The summed E-state index contributed by atoms with van der Waals surface area (Å²) in [4.78, 5) is 37.3. The highest BCUT2D eigenvalue weighted by atomic mass is 32.2. The number of anilines is 1. The Morgan fingerprint density at radius 2 is 1.94 bits per heavy atom. The van der Waals surface area contributed by atoms with Crippen molar-refractivity contribution < 1.29 is 27.9 Å². The second kappa shape index (κ2) is 10.4. The maximum atomic E-state index is 12.8. The molecule has 1 aromatic heterocycles. The minimum Gasteiger partial charge on any atom is -0.465 e. The van der Waals surface area contributed by atoms with Crippen molar-refractivity contribution >= 4 is 27.8 Å². The summed E-state index contributed by atoms with van der Waals surface area (Å²) in [6, 6.07) is 10.9. The van der Waals surface area contributed by atoms with Gasteiger partial charge < -0.3 is 24.5 Å². The van der Waals surface area contributed by atoms with Crippen LogP contribution in [0.1, 0.15) is 23.2 Å². The number of sulfone groups is 1. The predicted molar refractivity (Wildman–Crippen MR) is 127 cm³/mol. The van der Waals surface area contributed by atoms with Gasteiger partial charge in [-0.2, -0.15) is 5.26 Å². The first-order valence-corrected chi connectivity index (χ1v) is 13.2. The van der Waals surface area contributed by atoms with Gasteiger partial charge in [-0.25, -0.2) is 28.0 Å². The van der Waals surface area contributed by atoms with Crippen molar-refractivity contribution in [2.75, 3.05) is 37.3 Å². The fourth-order valence-corrected chi connectivity index (χ4v) is 4.88. The standard InChI is InChI=1S/C23H26N6O6S/c1-36(33,34)21-25-19-14-28(22(30)31)10-8-18(19)20(26-21)27-11-12-29(17(13-27)7-9-24)23(32)35-15-16-5-3-2-4-6-16/h2-6,17H,7-8,10-15H2,1H3,(H,30,31)/t17-/m0/s1. The first-order chi connectivity index (χ1) is 17.2. The topological polar surface area (TPSA) is 157 Å². The monoisotopic (exact) mass is 514 g/mol. The lowest BCUT2D eigenvalue weighted by molar-refractivity contribution is 0.0767. The van der Waals surface area contributed by atoms with Gasteiger partial charge >= 0.3 is 12.2 Å². The lowest BCUT2D eigenvalue weighted by atomic mass is 10.0. The van der Waals surface area contributed by atoms with Crippen LogP contribution in [0.15, 0.2) is 35.5 Å². The van der Waals surface area contributed by atoms with E-state index in [2.05, 4.69) is 16.0 Å². The van der Waals surface area contributed by atoms with Gasteiger partial charge in [0.1, 0.15) is 12.4 Å². The molecular weight excluding hydrogens is 488 g/mol. The number of carbonyl (C=O) groups excluding carboxylic acids is 1. The van der Waals surface area contributed by atoms with Crippen LogP contribution in [0.5, 0.6) is 0 Å². The molecule has 2 amide bonds. The van der Waals surface area contributed by atoms with E-state index in [1.165, 1.54) is 9.80 Å². The zero-order valence-corrected chi connectivity index (χ0v) is 20.5. The van der Waals surface area contributed by atoms with Crippen molar-refractivity contribution in [1.29, 1.82) is 5.26 Å². The molecule has 4 rings (SSSR count). The van der Waals surface area contributed by atoms with Crippen LogP contribution in [-0.2, 0) is 34.1 Å². The summed E-state index contributed by atoms with van der Waals surface area (Å²) in [6.07, 6.45) is -0.273.